The standard InChI is InChI=1S/C14H17N3O4/c18-8-10-3-1-2-9(10)7-15-14-16-12-6-11(17(19)20)4-5-13(12)21-14/h4-6,9-10,18H,1-3,7-8H2,(H,15,16). The quantitative estimate of drug-likeness (QED) is 0.648. The molecule has 7 nitrogen and oxygen atoms in total. The van der Waals surface area contributed by atoms with Crippen LogP contribution in [-0.4, -0.2) is 28.2 Å². The number of anilines is 1. The molecule has 2 unspecified atom stereocenters. The smallest absolute Gasteiger partial charge is 0.295 e. The van der Waals surface area contributed by atoms with Crippen LogP contribution in [-0.2, 0) is 0 Å². The Morgan fingerprint density at radius 1 is 1.43 bits per heavy atom. The molecule has 2 atom stereocenters. The van der Waals surface area contributed by atoms with E-state index in [4.69, 9.17) is 4.42 Å². The molecule has 2 aromatic rings. The Bertz CT molecular complexity index is 655. The molecule has 0 saturated heterocycles. The highest BCUT2D eigenvalue weighted by atomic mass is 16.6. The number of rotatable bonds is 5. The molecule has 0 radical (unpaired) electrons. The van der Waals surface area contributed by atoms with E-state index in [0.717, 1.165) is 19.3 Å². The fourth-order valence-corrected chi connectivity index (χ4v) is 2.95. The topological polar surface area (TPSA) is 101 Å². The molecule has 112 valence electrons. The summed E-state index contributed by atoms with van der Waals surface area (Å²) in [5.41, 5.74) is 0.989. The third-order valence-electron chi connectivity index (χ3n) is 4.15. The van der Waals surface area contributed by atoms with Crippen molar-refractivity contribution in [2.45, 2.75) is 19.3 Å². The summed E-state index contributed by atoms with van der Waals surface area (Å²) in [6, 6.07) is 4.72. The van der Waals surface area contributed by atoms with Crippen LogP contribution < -0.4 is 5.32 Å². The number of fused-ring (bicyclic) bond motifs is 1. The average Bonchev–Trinajstić information content (AvgIpc) is 3.09. The molecular weight excluding hydrogens is 274 g/mol. The number of oxazole rings is 1. The van der Waals surface area contributed by atoms with E-state index in [2.05, 4.69) is 10.3 Å². The van der Waals surface area contributed by atoms with Crippen molar-refractivity contribution in [1.29, 1.82) is 0 Å². The van der Waals surface area contributed by atoms with E-state index in [-0.39, 0.29) is 12.3 Å². The molecule has 1 saturated carbocycles. The molecule has 0 spiro atoms. The number of aliphatic hydroxyl groups is 1. The number of nitro groups is 1. The first-order valence-electron chi connectivity index (χ1n) is 7.07. The van der Waals surface area contributed by atoms with Crippen molar-refractivity contribution < 1.29 is 14.4 Å². The van der Waals surface area contributed by atoms with Gasteiger partial charge in [-0.2, -0.15) is 4.98 Å². The average molecular weight is 291 g/mol. The van der Waals surface area contributed by atoms with Crippen LogP contribution in [0, 0.1) is 22.0 Å². The number of nitrogens with one attached hydrogen (secondary N) is 1. The summed E-state index contributed by atoms with van der Waals surface area (Å²) < 4.78 is 5.52. The van der Waals surface area contributed by atoms with Crippen LogP contribution >= 0.6 is 0 Å². The third-order valence-corrected chi connectivity index (χ3v) is 4.15. The minimum absolute atomic E-state index is 0.00140. The highest BCUT2D eigenvalue weighted by molar-refractivity contribution is 5.77. The Hall–Kier alpha value is -2.15. The first kappa shape index (κ1) is 13.8. The lowest BCUT2D eigenvalue weighted by Crippen LogP contribution is -2.20. The molecule has 1 aliphatic carbocycles. The lowest BCUT2D eigenvalue weighted by Gasteiger charge is -2.16. The number of aliphatic hydroxyl groups excluding tert-OH is 1. The summed E-state index contributed by atoms with van der Waals surface area (Å²) in [6.45, 7) is 0.909. The van der Waals surface area contributed by atoms with Gasteiger partial charge in [-0.15, -0.1) is 0 Å². The van der Waals surface area contributed by atoms with Gasteiger partial charge in [-0.05, 0) is 30.7 Å². The van der Waals surface area contributed by atoms with Crippen molar-refractivity contribution in [3.63, 3.8) is 0 Å². The minimum atomic E-state index is -0.453. The molecular formula is C14H17N3O4. The molecule has 1 fully saturated rings. The Balaban J connectivity index is 1.71. The maximum Gasteiger partial charge on any atom is 0.295 e. The van der Waals surface area contributed by atoms with Gasteiger partial charge in [0.25, 0.3) is 11.7 Å². The van der Waals surface area contributed by atoms with E-state index in [1.54, 1.807) is 6.07 Å². The molecule has 0 aliphatic heterocycles. The first-order chi connectivity index (χ1) is 10.2. The van der Waals surface area contributed by atoms with Crippen LogP contribution in [0.1, 0.15) is 19.3 Å². The van der Waals surface area contributed by atoms with E-state index in [1.807, 2.05) is 0 Å². The molecule has 1 aromatic heterocycles. The van der Waals surface area contributed by atoms with Gasteiger partial charge in [0.2, 0.25) is 0 Å². The number of nitrogens with zero attached hydrogens (tertiary/aromatic N) is 2. The monoisotopic (exact) mass is 291 g/mol. The number of benzene rings is 1. The normalized spacial score (nSPS) is 21.8. The number of nitro benzene ring substituents is 1. The fourth-order valence-electron chi connectivity index (χ4n) is 2.95. The van der Waals surface area contributed by atoms with Crippen molar-refractivity contribution in [2.75, 3.05) is 18.5 Å². The zero-order valence-electron chi connectivity index (χ0n) is 11.5. The van der Waals surface area contributed by atoms with Gasteiger partial charge in [0, 0.05) is 25.3 Å². The Kier molecular flexibility index (Phi) is 3.74. The van der Waals surface area contributed by atoms with E-state index < -0.39 is 4.92 Å². The van der Waals surface area contributed by atoms with Gasteiger partial charge in [0.15, 0.2) is 5.58 Å². The summed E-state index contributed by atoms with van der Waals surface area (Å²) in [4.78, 5) is 14.5. The number of aromatic nitrogens is 1. The molecule has 0 bridgehead atoms. The van der Waals surface area contributed by atoms with Gasteiger partial charge < -0.3 is 14.8 Å². The zero-order valence-corrected chi connectivity index (χ0v) is 11.5. The van der Waals surface area contributed by atoms with E-state index >= 15 is 0 Å². The van der Waals surface area contributed by atoms with Crippen LogP contribution in [0.3, 0.4) is 0 Å². The lowest BCUT2D eigenvalue weighted by atomic mass is 9.97. The van der Waals surface area contributed by atoms with Crippen molar-refractivity contribution in [3.05, 3.63) is 28.3 Å². The predicted octanol–water partition coefficient (Wildman–Crippen LogP) is 2.56. The Morgan fingerprint density at radius 3 is 3.00 bits per heavy atom. The molecule has 1 aliphatic rings. The molecule has 3 rings (SSSR count). The summed E-state index contributed by atoms with van der Waals surface area (Å²) in [6.07, 6.45) is 3.28. The highest BCUT2D eigenvalue weighted by Crippen LogP contribution is 2.31. The van der Waals surface area contributed by atoms with Crippen LogP contribution in [0.2, 0.25) is 0 Å². The minimum Gasteiger partial charge on any atom is -0.424 e. The van der Waals surface area contributed by atoms with Crippen molar-refractivity contribution in [2.24, 2.45) is 11.8 Å². The van der Waals surface area contributed by atoms with Gasteiger partial charge >= 0.3 is 0 Å². The first-order valence-corrected chi connectivity index (χ1v) is 7.07. The molecule has 7 heteroatoms. The van der Waals surface area contributed by atoms with Gasteiger partial charge in [0.1, 0.15) is 5.52 Å². The van der Waals surface area contributed by atoms with Gasteiger partial charge in [0.05, 0.1) is 4.92 Å². The predicted molar refractivity (Wildman–Crippen MR) is 77.1 cm³/mol. The Morgan fingerprint density at radius 2 is 2.24 bits per heavy atom. The number of non-ortho nitro benzene ring substituents is 1. The second kappa shape index (κ2) is 5.69. The summed E-state index contributed by atoms with van der Waals surface area (Å²) in [7, 11) is 0. The van der Waals surface area contributed by atoms with E-state index in [0.29, 0.717) is 35.5 Å². The second-order valence-corrected chi connectivity index (χ2v) is 5.44. The maximum atomic E-state index is 10.7. The molecule has 0 amide bonds. The second-order valence-electron chi connectivity index (χ2n) is 5.44. The molecule has 21 heavy (non-hydrogen) atoms. The number of hydrogen-bond donors (Lipinski definition) is 2. The molecule has 2 N–H and O–H groups in total. The summed E-state index contributed by atoms with van der Waals surface area (Å²) >= 11 is 0. The van der Waals surface area contributed by atoms with Crippen LogP contribution in [0.4, 0.5) is 11.7 Å². The van der Waals surface area contributed by atoms with Gasteiger partial charge in [-0.25, -0.2) is 0 Å². The lowest BCUT2D eigenvalue weighted by molar-refractivity contribution is -0.384. The third kappa shape index (κ3) is 2.82. The van der Waals surface area contributed by atoms with Crippen molar-refractivity contribution in [3.8, 4) is 0 Å². The Labute approximate surface area is 121 Å². The van der Waals surface area contributed by atoms with E-state index in [9.17, 15) is 15.2 Å². The van der Waals surface area contributed by atoms with Crippen LogP contribution in [0.15, 0.2) is 22.6 Å². The highest BCUT2D eigenvalue weighted by Gasteiger charge is 2.26. The van der Waals surface area contributed by atoms with Crippen LogP contribution in [0.25, 0.3) is 11.1 Å². The fraction of sp³-hybridized carbons (Fsp3) is 0.500. The summed E-state index contributed by atoms with van der Waals surface area (Å²) in [5.74, 6) is 0.752. The largest absolute Gasteiger partial charge is 0.424 e. The SMILES string of the molecule is O=[N+]([O-])c1ccc2oc(NCC3CCCC3CO)nc2c1. The van der Waals surface area contributed by atoms with Crippen molar-refractivity contribution >= 4 is 22.8 Å². The van der Waals surface area contributed by atoms with E-state index in [1.165, 1.54) is 12.1 Å². The van der Waals surface area contributed by atoms with Crippen molar-refractivity contribution in [1.82, 2.24) is 4.98 Å². The van der Waals surface area contributed by atoms with Gasteiger partial charge in [-0.1, -0.05) is 6.42 Å². The number of hydrogen-bond acceptors (Lipinski definition) is 6. The zero-order chi connectivity index (χ0) is 14.8. The maximum absolute atomic E-state index is 10.7. The molecule has 1 heterocycles. The van der Waals surface area contributed by atoms with Crippen LogP contribution in [0.5, 0.6) is 0 Å². The van der Waals surface area contributed by atoms with Gasteiger partial charge in [-0.3, -0.25) is 10.1 Å². The molecule has 1 aromatic carbocycles. The summed E-state index contributed by atoms with van der Waals surface area (Å²) in [5, 5.41) is 23.2.